The summed E-state index contributed by atoms with van der Waals surface area (Å²) in [4.78, 5) is 40.9. The molecule has 1 amide bonds. The second-order valence-electron chi connectivity index (χ2n) is 7.97. The molecule has 8 heteroatoms. The maximum absolute atomic E-state index is 12.5. The number of hydrogen-bond acceptors (Lipinski definition) is 7. The van der Waals surface area contributed by atoms with Crippen molar-refractivity contribution in [3.63, 3.8) is 0 Å². The molecule has 27 heavy (non-hydrogen) atoms. The Bertz CT molecular complexity index is 714. The van der Waals surface area contributed by atoms with Crippen molar-refractivity contribution >= 4 is 23.8 Å². The van der Waals surface area contributed by atoms with Gasteiger partial charge in [-0.2, -0.15) is 0 Å². The van der Waals surface area contributed by atoms with Crippen molar-refractivity contribution in [2.75, 3.05) is 5.32 Å². The standard InChI is InChI=1S/C19H26N2O6/c1-7-19(14(22)25-18(5,6)26-15(19)23)10-12-8-9-13(20-11-12)21-16(24)27-17(2,3)4/h8-9,11H,7,10H2,1-6H3,(H,20,21,24). The quantitative estimate of drug-likeness (QED) is 0.634. The zero-order valence-electron chi connectivity index (χ0n) is 16.5. The number of nitrogens with one attached hydrogen (secondary N) is 1. The van der Waals surface area contributed by atoms with Crippen LogP contribution < -0.4 is 5.32 Å². The van der Waals surface area contributed by atoms with Gasteiger partial charge in [-0.05, 0) is 38.8 Å². The maximum Gasteiger partial charge on any atom is 0.413 e. The first-order chi connectivity index (χ1) is 12.4. The van der Waals surface area contributed by atoms with Crippen LogP contribution in [0.3, 0.4) is 0 Å². The molecule has 0 radical (unpaired) electrons. The van der Waals surface area contributed by atoms with E-state index in [-0.39, 0.29) is 12.8 Å². The lowest BCUT2D eigenvalue weighted by atomic mass is 9.78. The number of amides is 1. The highest BCUT2D eigenvalue weighted by Gasteiger charge is 2.55. The minimum atomic E-state index is -1.41. The van der Waals surface area contributed by atoms with Crippen molar-refractivity contribution in [3.05, 3.63) is 23.9 Å². The number of nitrogens with zero attached hydrogens (tertiary/aromatic N) is 1. The molecule has 0 aliphatic carbocycles. The van der Waals surface area contributed by atoms with Crippen LogP contribution >= 0.6 is 0 Å². The minimum absolute atomic E-state index is 0.0942. The van der Waals surface area contributed by atoms with E-state index in [1.54, 1.807) is 39.8 Å². The molecule has 2 rings (SSSR count). The predicted molar refractivity (Wildman–Crippen MR) is 96.8 cm³/mol. The van der Waals surface area contributed by atoms with Crippen LogP contribution in [0, 0.1) is 5.41 Å². The Labute approximate surface area is 158 Å². The number of hydrogen-bond donors (Lipinski definition) is 1. The van der Waals surface area contributed by atoms with Crippen LogP contribution in [0.2, 0.25) is 0 Å². The van der Waals surface area contributed by atoms with Gasteiger partial charge in [-0.15, -0.1) is 0 Å². The summed E-state index contributed by atoms with van der Waals surface area (Å²) in [5.41, 5.74) is -1.38. The number of cyclic esters (lactones) is 2. The molecule has 1 saturated heterocycles. The highest BCUT2D eigenvalue weighted by Crippen LogP contribution is 2.38. The van der Waals surface area contributed by atoms with Gasteiger partial charge in [0, 0.05) is 26.5 Å². The normalized spacial score (nSPS) is 18.3. The molecule has 0 unspecified atom stereocenters. The largest absolute Gasteiger partial charge is 0.444 e. The second kappa shape index (κ2) is 7.17. The third-order valence-corrected chi connectivity index (χ3v) is 4.02. The topological polar surface area (TPSA) is 104 Å². The Balaban J connectivity index is 2.12. The molecule has 1 aromatic rings. The Morgan fingerprint density at radius 2 is 1.78 bits per heavy atom. The van der Waals surface area contributed by atoms with E-state index >= 15 is 0 Å². The van der Waals surface area contributed by atoms with Gasteiger partial charge in [0.2, 0.25) is 0 Å². The second-order valence-corrected chi connectivity index (χ2v) is 7.97. The molecule has 0 saturated carbocycles. The molecule has 1 fully saturated rings. The SMILES string of the molecule is CCC1(Cc2ccc(NC(=O)OC(C)(C)C)nc2)C(=O)OC(C)(C)OC1=O. The smallest absolute Gasteiger partial charge is 0.413 e. The van der Waals surface area contributed by atoms with E-state index in [1.165, 1.54) is 20.0 Å². The van der Waals surface area contributed by atoms with Crippen LogP contribution in [-0.2, 0) is 30.2 Å². The van der Waals surface area contributed by atoms with Gasteiger partial charge in [0.15, 0.2) is 5.41 Å². The highest BCUT2D eigenvalue weighted by atomic mass is 16.7. The van der Waals surface area contributed by atoms with Crippen LogP contribution in [0.5, 0.6) is 0 Å². The Kier molecular flexibility index (Phi) is 5.49. The number of carbonyl (C=O) groups is 3. The molecular weight excluding hydrogens is 352 g/mol. The summed E-state index contributed by atoms with van der Waals surface area (Å²) in [7, 11) is 0. The number of anilines is 1. The number of ether oxygens (including phenoxy) is 3. The van der Waals surface area contributed by atoms with E-state index < -0.39 is 34.8 Å². The first kappa shape index (κ1) is 20.7. The molecule has 0 atom stereocenters. The van der Waals surface area contributed by atoms with E-state index in [0.717, 1.165) is 0 Å². The number of pyridine rings is 1. The van der Waals surface area contributed by atoms with Crippen molar-refractivity contribution in [3.8, 4) is 0 Å². The lowest BCUT2D eigenvalue weighted by Crippen LogP contribution is -2.54. The predicted octanol–water partition coefficient (Wildman–Crippen LogP) is 3.20. The van der Waals surface area contributed by atoms with Gasteiger partial charge in [0.1, 0.15) is 11.4 Å². The summed E-state index contributed by atoms with van der Waals surface area (Å²) in [6.07, 6.45) is 1.20. The lowest BCUT2D eigenvalue weighted by molar-refractivity contribution is -0.251. The number of aromatic nitrogens is 1. The van der Waals surface area contributed by atoms with E-state index in [0.29, 0.717) is 11.4 Å². The molecule has 1 aliphatic rings. The Hall–Kier alpha value is -2.64. The van der Waals surface area contributed by atoms with Crippen molar-refractivity contribution in [2.24, 2.45) is 5.41 Å². The highest BCUT2D eigenvalue weighted by molar-refractivity contribution is 6.02. The molecule has 0 spiro atoms. The van der Waals surface area contributed by atoms with Crippen molar-refractivity contribution in [2.45, 2.75) is 65.8 Å². The molecule has 0 aromatic carbocycles. The summed E-state index contributed by atoms with van der Waals surface area (Å²) >= 11 is 0. The van der Waals surface area contributed by atoms with Crippen LogP contribution in [0.15, 0.2) is 18.3 Å². The van der Waals surface area contributed by atoms with Crippen molar-refractivity contribution in [1.29, 1.82) is 0 Å². The molecular formula is C19H26N2O6. The molecule has 148 valence electrons. The summed E-state index contributed by atoms with van der Waals surface area (Å²) < 4.78 is 15.7. The minimum Gasteiger partial charge on any atom is -0.444 e. The Morgan fingerprint density at radius 1 is 1.19 bits per heavy atom. The van der Waals surface area contributed by atoms with Gasteiger partial charge in [0.05, 0.1) is 0 Å². The summed E-state index contributed by atoms with van der Waals surface area (Å²) in [6.45, 7) is 10.0. The van der Waals surface area contributed by atoms with Crippen molar-refractivity contribution in [1.82, 2.24) is 4.98 Å². The first-order valence-corrected chi connectivity index (χ1v) is 8.79. The van der Waals surface area contributed by atoms with E-state index in [1.807, 2.05) is 0 Å². The summed E-state index contributed by atoms with van der Waals surface area (Å²) in [5, 5.41) is 2.53. The molecule has 1 N–H and O–H groups in total. The molecule has 0 bridgehead atoms. The lowest BCUT2D eigenvalue weighted by Gasteiger charge is -2.39. The number of esters is 2. The zero-order valence-corrected chi connectivity index (χ0v) is 16.5. The molecule has 1 aliphatic heterocycles. The third kappa shape index (κ3) is 4.96. The number of carbonyl (C=O) groups excluding carboxylic acids is 3. The van der Waals surface area contributed by atoms with Gasteiger partial charge in [-0.1, -0.05) is 13.0 Å². The van der Waals surface area contributed by atoms with Crippen LogP contribution in [-0.4, -0.2) is 34.4 Å². The molecule has 8 nitrogen and oxygen atoms in total. The summed E-state index contributed by atoms with van der Waals surface area (Å²) in [6, 6.07) is 3.25. The van der Waals surface area contributed by atoms with Crippen LogP contribution in [0.25, 0.3) is 0 Å². The van der Waals surface area contributed by atoms with E-state index in [9.17, 15) is 14.4 Å². The average Bonchev–Trinajstić information content (AvgIpc) is 2.50. The fourth-order valence-corrected chi connectivity index (χ4v) is 2.66. The first-order valence-electron chi connectivity index (χ1n) is 8.79. The van der Waals surface area contributed by atoms with E-state index in [2.05, 4.69) is 10.3 Å². The third-order valence-electron chi connectivity index (χ3n) is 4.02. The van der Waals surface area contributed by atoms with Crippen LogP contribution in [0.4, 0.5) is 10.6 Å². The van der Waals surface area contributed by atoms with Crippen LogP contribution in [0.1, 0.15) is 53.5 Å². The van der Waals surface area contributed by atoms with E-state index in [4.69, 9.17) is 14.2 Å². The monoisotopic (exact) mass is 378 g/mol. The fourth-order valence-electron chi connectivity index (χ4n) is 2.66. The Morgan fingerprint density at radius 3 is 2.22 bits per heavy atom. The fraction of sp³-hybridized carbons (Fsp3) is 0.579. The summed E-state index contributed by atoms with van der Waals surface area (Å²) in [5.74, 6) is -2.19. The number of rotatable bonds is 4. The molecule has 2 heterocycles. The van der Waals surface area contributed by atoms with Gasteiger partial charge in [-0.3, -0.25) is 14.9 Å². The van der Waals surface area contributed by atoms with Gasteiger partial charge < -0.3 is 14.2 Å². The average molecular weight is 378 g/mol. The zero-order chi connectivity index (χ0) is 20.5. The molecule has 1 aromatic heterocycles. The maximum atomic E-state index is 12.5. The van der Waals surface area contributed by atoms with Gasteiger partial charge in [0.25, 0.3) is 5.79 Å². The van der Waals surface area contributed by atoms with Crippen molar-refractivity contribution < 1.29 is 28.6 Å². The van der Waals surface area contributed by atoms with Gasteiger partial charge >= 0.3 is 18.0 Å². The van der Waals surface area contributed by atoms with Gasteiger partial charge in [-0.25, -0.2) is 9.78 Å².